The SMILES string of the molecule is Cc1cc(C)cc(OCCCSc2nc(N)cc(=O)[nH]2)c1. The fourth-order valence-corrected chi connectivity index (χ4v) is 2.75. The molecule has 5 nitrogen and oxygen atoms in total. The van der Waals surface area contributed by atoms with E-state index in [-0.39, 0.29) is 11.4 Å². The number of hydrogen-bond donors (Lipinski definition) is 2. The summed E-state index contributed by atoms with van der Waals surface area (Å²) < 4.78 is 5.72. The first-order valence-electron chi connectivity index (χ1n) is 6.74. The molecule has 21 heavy (non-hydrogen) atoms. The van der Waals surface area contributed by atoms with Crippen LogP contribution in [0.5, 0.6) is 5.75 Å². The first-order valence-corrected chi connectivity index (χ1v) is 7.72. The van der Waals surface area contributed by atoms with Crippen molar-refractivity contribution < 1.29 is 4.74 Å². The van der Waals surface area contributed by atoms with E-state index in [2.05, 4.69) is 29.9 Å². The van der Waals surface area contributed by atoms with Gasteiger partial charge < -0.3 is 15.5 Å². The van der Waals surface area contributed by atoms with Crippen LogP contribution in [0.3, 0.4) is 0 Å². The summed E-state index contributed by atoms with van der Waals surface area (Å²) in [5.74, 6) is 1.94. The second kappa shape index (κ2) is 7.17. The normalized spacial score (nSPS) is 10.6. The molecule has 0 spiro atoms. The predicted octanol–water partition coefficient (Wildman–Crippen LogP) is 2.53. The number of H-pyrrole nitrogens is 1. The number of anilines is 1. The topological polar surface area (TPSA) is 81.0 Å². The van der Waals surface area contributed by atoms with Crippen LogP contribution in [0.2, 0.25) is 0 Å². The van der Waals surface area contributed by atoms with Crippen molar-refractivity contribution in [3.8, 4) is 5.75 Å². The van der Waals surface area contributed by atoms with Crippen molar-refractivity contribution in [1.29, 1.82) is 0 Å². The Kier molecular flexibility index (Phi) is 5.27. The number of hydrogen-bond acceptors (Lipinski definition) is 5. The molecular formula is C15H19N3O2S. The van der Waals surface area contributed by atoms with Gasteiger partial charge in [-0.15, -0.1) is 0 Å². The lowest BCUT2D eigenvalue weighted by atomic mass is 10.1. The maximum Gasteiger partial charge on any atom is 0.253 e. The summed E-state index contributed by atoms with van der Waals surface area (Å²) in [4.78, 5) is 17.9. The second-order valence-electron chi connectivity index (χ2n) is 4.85. The van der Waals surface area contributed by atoms with Crippen LogP contribution in [0.15, 0.2) is 34.2 Å². The number of rotatable bonds is 6. The van der Waals surface area contributed by atoms with Crippen molar-refractivity contribution in [1.82, 2.24) is 9.97 Å². The van der Waals surface area contributed by atoms with Gasteiger partial charge >= 0.3 is 0 Å². The summed E-state index contributed by atoms with van der Waals surface area (Å²) >= 11 is 1.46. The fourth-order valence-electron chi connectivity index (χ4n) is 1.96. The molecule has 0 aliphatic carbocycles. The molecule has 0 saturated heterocycles. The van der Waals surface area contributed by atoms with E-state index in [1.807, 2.05) is 12.1 Å². The number of nitrogen functional groups attached to an aromatic ring is 1. The zero-order valence-electron chi connectivity index (χ0n) is 12.2. The van der Waals surface area contributed by atoms with E-state index in [1.54, 1.807) is 0 Å². The lowest BCUT2D eigenvalue weighted by molar-refractivity contribution is 0.318. The molecule has 0 radical (unpaired) electrons. The maximum atomic E-state index is 11.2. The van der Waals surface area contributed by atoms with Crippen LogP contribution >= 0.6 is 11.8 Å². The Labute approximate surface area is 127 Å². The van der Waals surface area contributed by atoms with Crippen LogP contribution in [0.1, 0.15) is 17.5 Å². The Morgan fingerprint density at radius 2 is 1.95 bits per heavy atom. The minimum Gasteiger partial charge on any atom is -0.494 e. The van der Waals surface area contributed by atoms with Gasteiger partial charge in [-0.25, -0.2) is 4.98 Å². The molecule has 3 N–H and O–H groups in total. The highest BCUT2D eigenvalue weighted by Crippen LogP contribution is 2.17. The van der Waals surface area contributed by atoms with Gasteiger partial charge in [-0.3, -0.25) is 4.79 Å². The van der Waals surface area contributed by atoms with Crippen LogP contribution < -0.4 is 16.0 Å². The van der Waals surface area contributed by atoms with Crippen molar-refractivity contribution in [2.24, 2.45) is 0 Å². The maximum absolute atomic E-state index is 11.2. The number of benzene rings is 1. The molecule has 112 valence electrons. The molecule has 0 bridgehead atoms. The van der Waals surface area contributed by atoms with E-state index in [4.69, 9.17) is 10.5 Å². The predicted molar refractivity (Wildman–Crippen MR) is 86.0 cm³/mol. The zero-order chi connectivity index (χ0) is 15.2. The quantitative estimate of drug-likeness (QED) is 0.487. The molecule has 1 aromatic heterocycles. The summed E-state index contributed by atoms with van der Waals surface area (Å²) in [5, 5.41) is 0.548. The molecule has 6 heteroatoms. The summed E-state index contributed by atoms with van der Waals surface area (Å²) in [6.07, 6.45) is 0.857. The number of ether oxygens (including phenoxy) is 1. The van der Waals surface area contributed by atoms with Gasteiger partial charge in [-0.05, 0) is 43.5 Å². The lowest BCUT2D eigenvalue weighted by Gasteiger charge is -2.08. The summed E-state index contributed by atoms with van der Waals surface area (Å²) in [7, 11) is 0. The van der Waals surface area contributed by atoms with Crippen molar-refractivity contribution in [2.45, 2.75) is 25.4 Å². The van der Waals surface area contributed by atoms with Gasteiger partial charge in [-0.2, -0.15) is 0 Å². The zero-order valence-corrected chi connectivity index (χ0v) is 13.0. The van der Waals surface area contributed by atoms with Crippen LogP contribution in [-0.4, -0.2) is 22.3 Å². The van der Waals surface area contributed by atoms with E-state index >= 15 is 0 Å². The molecule has 2 aromatic rings. The molecule has 0 amide bonds. The smallest absolute Gasteiger partial charge is 0.253 e. The average Bonchev–Trinajstić information content (AvgIpc) is 2.36. The molecule has 0 aliphatic heterocycles. The summed E-state index contributed by atoms with van der Waals surface area (Å²) in [6.45, 7) is 4.73. The van der Waals surface area contributed by atoms with Crippen molar-refractivity contribution >= 4 is 17.6 Å². The minimum atomic E-state index is -0.225. The second-order valence-corrected chi connectivity index (χ2v) is 5.93. The van der Waals surface area contributed by atoms with Gasteiger partial charge in [-0.1, -0.05) is 17.8 Å². The van der Waals surface area contributed by atoms with E-state index in [0.29, 0.717) is 11.8 Å². The fraction of sp³-hybridized carbons (Fsp3) is 0.333. The van der Waals surface area contributed by atoms with Gasteiger partial charge in [0.15, 0.2) is 5.16 Å². The van der Waals surface area contributed by atoms with Gasteiger partial charge in [0.05, 0.1) is 6.61 Å². The van der Waals surface area contributed by atoms with Crippen LogP contribution in [0, 0.1) is 13.8 Å². The first-order chi connectivity index (χ1) is 10.0. The molecule has 0 atom stereocenters. The Morgan fingerprint density at radius 3 is 2.62 bits per heavy atom. The molecule has 0 aliphatic rings. The molecule has 0 saturated carbocycles. The number of nitrogens with zero attached hydrogens (tertiary/aromatic N) is 1. The number of aromatic amines is 1. The monoisotopic (exact) mass is 305 g/mol. The van der Waals surface area contributed by atoms with Crippen LogP contribution in [-0.2, 0) is 0 Å². The minimum absolute atomic E-state index is 0.225. The highest BCUT2D eigenvalue weighted by atomic mass is 32.2. The molecule has 1 heterocycles. The Morgan fingerprint density at radius 1 is 1.24 bits per heavy atom. The van der Waals surface area contributed by atoms with E-state index in [1.165, 1.54) is 29.0 Å². The number of thioether (sulfide) groups is 1. The Hall–Kier alpha value is -1.95. The number of aromatic nitrogens is 2. The number of aryl methyl sites for hydroxylation is 2. The number of nitrogens with one attached hydrogen (secondary N) is 1. The average molecular weight is 305 g/mol. The third kappa shape index (κ3) is 5.15. The van der Waals surface area contributed by atoms with E-state index in [9.17, 15) is 4.79 Å². The van der Waals surface area contributed by atoms with Gasteiger partial charge in [0.2, 0.25) is 0 Å². The highest BCUT2D eigenvalue weighted by molar-refractivity contribution is 7.99. The van der Waals surface area contributed by atoms with Crippen molar-refractivity contribution in [2.75, 3.05) is 18.1 Å². The standard InChI is InChI=1S/C15H19N3O2S/c1-10-6-11(2)8-12(7-10)20-4-3-5-21-15-17-13(16)9-14(19)18-15/h6-9H,3-5H2,1-2H3,(H3,16,17,18,19). The first kappa shape index (κ1) is 15.4. The molecular weight excluding hydrogens is 286 g/mol. The summed E-state index contributed by atoms with van der Waals surface area (Å²) in [5.41, 5.74) is 7.69. The molecule has 0 unspecified atom stereocenters. The highest BCUT2D eigenvalue weighted by Gasteiger charge is 2.01. The Bertz CT molecular complexity index is 650. The number of nitrogens with two attached hydrogens (primary N) is 1. The van der Waals surface area contributed by atoms with Gasteiger partial charge in [0, 0.05) is 11.8 Å². The Balaban J connectivity index is 1.76. The van der Waals surface area contributed by atoms with Crippen LogP contribution in [0.25, 0.3) is 0 Å². The van der Waals surface area contributed by atoms with Gasteiger partial charge in [0.25, 0.3) is 5.56 Å². The third-order valence-electron chi connectivity index (χ3n) is 2.73. The third-order valence-corrected chi connectivity index (χ3v) is 3.69. The van der Waals surface area contributed by atoms with Crippen molar-refractivity contribution in [3.63, 3.8) is 0 Å². The molecule has 0 fully saturated rings. The van der Waals surface area contributed by atoms with Gasteiger partial charge in [0.1, 0.15) is 11.6 Å². The molecule has 2 rings (SSSR count). The van der Waals surface area contributed by atoms with E-state index in [0.717, 1.165) is 17.9 Å². The van der Waals surface area contributed by atoms with Crippen LogP contribution in [0.4, 0.5) is 5.82 Å². The van der Waals surface area contributed by atoms with E-state index < -0.39 is 0 Å². The van der Waals surface area contributed by atoms with Crippen molar-refractivity contribution in [3.05, 3.63) is 45.7 Å². The lowest BCUT2D eigenvalue weighted by Crippen LogP contribution is -2.09. The molecule has 1 aromatic carbocycles. The summed E-state index contributed by atoms with van der Waals surface area (Å²) in [6, 6.07) is 7.44. The largest absolute Gasteiger partial charge is 0.494 e.